The highest BCUT2D eigenvalue weighted by molar-refractivity contribution is 7.16. The molecule has 1 fully saturated rings. The zero-order valence-electron chi connectivity index (χ0n) is 7.73. The average molecular weight is 207 g/mol. The summed E-state index contributed by atoms with van der Waals surface area (Å²) in [5.41, 5.74) is 1.35. The summed E-state index contributed by atoms with van der Waals surface area (Å²) in [5, 5.41) is 5.53. The minimum atomic E-state index is 0.586. The van der Waals surface area contributed by atoms with E-state index in [0.29, 0.717) is 11.6 Å². The minimum absolute atomic E-state index is 0.586. The molecule has 1 aliphatic rings. The third kappa shape index (κ3) is 1.02. The van der Waals surface area contributed by atoms with Gasteiger partial charge in [-0.15, -0.1) is 0 Å². The van der Waals surface area contributed by atoms with Crippen LogP contribution in [-0.4, -0.2) is 20.9 Å². The molecule has 0 spiro atoms. The molecule has 1 saturated carbocycles. The number of aryl methyl sites for hydroxylation is 1. The summed E-state index contributed by atoms with van der Waals surface area (Å²) in [4.78, 5) is 15.9. The molecule has 0 unspecified atom stereocenters. The summed E-state index contributed by atoms with van der Waals surface area (Å²) >= 11 is 1.60. The van der Waals surface area contributed by atoms with Crippen molar-refractivity contribution in [2.45, 2.75) is 25.7 Å². The maximum Gasteiger partial charge on any atom is 0.213 e. The van der Waals surface area contributed by atoms with E-state index < -0.39 is 0 Å². The molecule has 72 valence electrons. The smallest absolute Gasteiger partial charge is 0.213 e. The second kappa shape index (κ2) is 2.63. The highest BCUT2D eigenvalue weighted by Crippen LogP contribution is 2.41. The molecule has 0 radical (unpaired) electrons. The quantitative estimate of drug-likeness (QED) is 0.705. The van der Waals surface area contributed by atoms with Gasteiger partial charge in [0.2, 0.25) is 4.96 Å². The van der Waals surface area contributed by atoms with Crippen LogP contribution in [0.3, 0.4) is 0 Å². The van der Waals surface area contributed by atoms with Gasteiger partial charge in [0.05, 0.1) is 5.69 Å². The average Bonchev–Trinajstić information content (AvgIpc) is 2.85. The molecule has 2 aromatic heterocycles. The predicted molar refractivity (Wildman–Crippen MR) is 53.0 cm³/mol. The molecule has 1 aliphatic carbocycles. The summed E-state index contributed by atoms with van der Waals surface area (Å²) in [7, 11) is 0. The molecule has 4 nitrogen and oxygen atoms in total. The van der Waals surface area contributed by atoms with Gasteiger partial charge in [-0.25, -0.2) is 4.98 Å². The van der Waals surface area contributed by atoms with Crippen LogP contribution < -0.4 is 0 Å². The van der Waals surface area contributed by atoms with E-state index >= 15 is 0 Å². The van der Waals surface area contributed by atoms with Crippen molar-refractivity contribution in [2.24, 2.45) is 0 Å². The fourth-order valence-corrected chi connectivity index (χ4v) is 2.63. The molecule has 2 aromatic rings. The van der Waals surface area contributed by atoms with Gasteiger partial charge in [-0.3, -0.25) is 4.79 Å². The first-order chi connectivity index (χ1) is 6.79. The van der Waals surface area contributed by atoms with Crippen molar-refractivity contribution in [1.29, 1.82) is 0 Å². The summed E-state index contributed by atoms with van der Waals surface area (Å²) in [6, 6.07) is 0. The number of rotatable bonds is 2. The predicted octanol–water partition coefficient (Wildman–Crippen LogP) is 1.79. The van der Waals surface area contributed by atoms with Crippen molar-refractivity contribution in [3.05, 3.63) is 16.4 Å². The molecule has 3 rings (SSSR count). The Bertz CT molecular complexity index is 509. The summed E-state index contributed by atoms with van der Waals surface area (Å²) in [5.74, 6) is 0.626. The van der Waals surface area contributed by atoms with Crippen LogP contribution in [0.25, 0.3) is 4.96 Å². The van der Waals surface area contributed by atoms with Gasteiger partial charge in [0, 0.05) is 5.92 Å². The van der Waals surface area contributed by atoms with Crippen molar-refractivity contribution < 1.29 is 4.79 Å². The van der Waals surface area contributed by atoms with E-state index in [1.165, 1.54) is 12.8 Å². The van der Waals surface area contributed by atoms with Crippen LogP contribution >= 0.6 is 11.3 Å². The Morgan fingerprint density at radius 1 is 1.57 bits per heavy atom. The van der Waals surface area contributed by atoms with Gasteiger partial charge in [-0.1, -0.05) is 11.3 Å². The van der Waals surface area contributed by atoms with Crippen LogP contribution in [0.5, 0.6) is 0 Å². The minimum Gasteiger partial charge on any atom is -0.296 e. The van der Waals surface area contributed by atoms with Crippen molar-refractivity contribution in [1.82, 2.24) is 14.6 Å². The van der Waals surface area contributed by atoms with Crippen molar-refractivity contribution in [3.8, 4) is 0 Å². The van der Waals surface area contributed by atoms with Gasteiger partial charge in [0.25, 0.3) is 0 Å². The van der Waals surface area contributed by atoms with Gasteiger partial charge in [-0.05, 0) is 19.8 Å². The van der Waals surface area contributed by atoms with Gasteiger partial charge in [-0.2, -0.15) is 9.61 Å². The second-order valence-electron chi connectivity index (χ2n) is 3.61. The lowest BCUT2D eigenvalue weighted by Gasteiger charge is -1.87. The van der Waals surface area contributed by atoms with Crippen molar-refractivity contribution in [3.63, 3.8) is 0 Å². The Labute approximate surface area is 84.6 Å². The molecular formula is C9H9N3OS. The van der Waals surface area contributed by atoms with Crippen LogP contribution in [0, 0.1) is 6.92 Å². The molecule has 14 heavy (non-hydrogen) atoms. The lowest BCUT2D eigenvalue weighted by molar-refractivity contribution is 0.111. The molecule has 0 amide bonds. The molecule has 2 heterocycles. The van der Waals surface area contributed by atoms with Crippen molar-refractivity contribution >= 4 is 22.6 Å². The summed E-state index contributed by atoms with van der Waals surface area (Å²) in [6.07, 6.45) is 3.28. The normalized spacial score (nSPS) is 16.4. The van der Waals surface area contributed by atoms with Crippen LogP contribution in [0.4, 0.5) is 0 Å². The van der Waals surface area contributed by atoms with E-state index in [1.54, 1.807) is 15.9 Å². The van der Waals surface area contributed by atoms with Gasteiger partial charge in [0.1, 0.15) is 10.7 Å². The standard InChI is InChI=1S/C9H9N3OS/c1-5-7(4-13)12-9(10-5)14-8(11-12)6-2-3-6/h4,6H,2-3H2,1H3. The molecule has 0 bridgehead atoms. The van der Waals surface area contributed by atoms with Crippen molar-refractivity contribution in [2.75, 3.05) is 0 Å². The zero-order valence-corrected chi connectivity index (χ0v) is 8.54. The first kappa shape index (κ1) is 8.11. The Hall–Kier alpha value is -1.23. The third-order valence-corrected chi connectivity index (χ3v) is 3.55. The van der Waals surface area contributed by atoms with Crippen LogP contribution in [0.1, 0.15) is 39.9 Å². The van der Waals surface area contributed by atoms with Crippen LogP contribution in [-0.2, 0) is 0 Å². The Balaban J connectivity index is 2.23. The number of carbonyl (C=O) groups is 1. The first-order valence-electron chi connectivity index (χ1n) is 4.61. The number of imidazole rings is 1. The number of hydrogen-bond donors (Lipinski definition) is 0. The highest BCUT2D eigenvalue weighted by atomic mass is 32.1. The first-order valence-corrected chi connectivity index (χ1v) is 5.42. The fraction of sp³-hybridized carbons (Fsp3) is 0.444. The fourth-order valence-electron chi connectivity index (χ4n) is 1.51. The molecular weight excluding hydrogens is 198 g/mol. The van der Waals surface area contributed by atoms with E-state index in [0.717, 1.165) is 21.9 Å². The number of carbonyl (C=O) groups excluding carboxylic acids is 1. The summed E-state index contributed by atoms with van der Waals surface area (Å²) in [6.45, 7) is 1.84. The molecule has 0 atom stereocenters. The van der Waals surface area contributed by atoms with E-state index in [2.05, 4.69) is 10.1 Å². The van der Waals surface area contributed by atoms with Crippen LogP contribution in [0.15, 0.2) is 0 Å². The summed E-state index contributed by atoms with van der Waals surface area (Å²) < 4.78 is 1.67. The molecule has 0 aromatic carbocycles. The largest absolute Gasteiger partial charge is 0.296 e. The van der Waals surface area contributed by atoms with Crippen LogP contribution in [0.2, 0.25) is 0 Å². The van der Waals surface area contributed by atoms with E-state index in [9.17, 15) is 4.79 Å². The lowest BCUT2D eigenvalue weighted by atomic mass is 10.4. The third-order valence-electron chi connectivity index (χ3n) is 2.48. The van der Waals surface area contributed by atoms with E-state index in [4.69, 9.17) is 0 Å². The SMILES string of the molecule is Cc1nc2sc(C3CC3)nn2c1C=O. The second-order valence-corrected chi connectivity index (χ2v) is 4.60. The topological polar surface area (TPSA) is 47.3 Å². The maximum atomic E-state index is 10.8. The van der Waals surface area contributed by atoms with Gasteiger partial charge < -0.3 is 0 Å². The zero-order chi connectivity index (χ0) is 9.71. The highest BCUT2D eigenvalue weighted by Gasteiger charge is 2.28. The molecule has 0 N–H and O–H groups in total. The van der Waals surface area contributed by atoms with E-state index in [-0.39, 0.29) is 0 Å². The Morgan fingerprint density at radius 2 is 2.36 bits per heavy atom. The van der Waals surface area contributed by atoms with Gasteiger partial charge >= 0.3 is 0 Å². The maximum absolute atomic E-state index is 10.8. The molecule has 0 aliphatic heterocycles. The molecule has 5 heteroatoms. The number of aldehydes is 1. The monoisotopic (exact) mass is 207 g/mol. The van der Waals surface area contributed by atoms with E-state index in [1.807, 2.05) is 6.92 Å². The Morgan fingerprint density at radius 3 is 3.00 bits per heavy atom. The number of fused-ring (bicyclic) bond motifs is 1. The lowest BCUT2D eigenvalue weighted by Crippen LogP contribution is -1.93. The molecule has 0 saturated heterocycles. The van der Waals surface area contributed by atoms with Gasteiger partial charge in [0.15, 0.2) is 6.29 Å². The number of aromatic nitrogens is 3. The number of hydrogen-bond acceptors (Lipinski definition) is 4. The number of nitrogens with zero attached hydrogens (tertiary/aromatic N) is 3. The Kier molecular flexibility index (Phi) is 1.53.